The minimum Gasteiger partial charge on any atom is -0.309 e. The number of hydrogen-bond donors (Lipinski definition) is 0. The van der Waals surface area contributed by atoms with Crippen molar-refractivity contribution in [3.05, 3.63) is 181 Å². The summed E-state index contributed by atoms with van der Waals surface area (Å²) in [6.07, 6.45) is 0. The van der Waals surface area contributed by atoms with Gasteiger partial charge in [-0.25, -0.2) is 15.0 Å². The number of nitrogens with zero attached hydrogens (tertiary/aromatic N) is 4. The minimum atomic E-state index is -0.0635. The van der Waals surface area contributed by atoms with Gasteiger partial charge in [0, 0.05) is 38.6 Å². The largest absolute Gasteiger partial charge is 0.309 e. The number of hydrogen-bond acceptors (Lipinski definition) is 3. The molecule has 0 amide bonds. The maximum absolute atomic E-state index is 5.05. The van der Waals surface area contributed by atoms with Gasteiger partial charge in [-0.2, -0.15) is 0 Å². The second kappa shape index (κ2) is 11.7. The van der Waals surface area contributed by atoms with Crippen LogP contribution < -0.4 is 0 Å². The molecule has 0 unspecified atom stereocenters. The average molecular weight is 667 g/mol. The number of para-hydroxylation sites is 1. The summed E-state index contributed by atoms with van der Waals surface area (Å²) < 4.78 is 2.36. The van der Waals surface area contributed by atoms with Crippen molar-refractivity contribution >= 4 is 21.8 Å². The van der Waals surface area contributed by atoms with Gasteiger partial charge < -0.3 is 4.57 Å². The van der Waals surface area contributed by atoms with E-state index in [2.05, 4.69) is 128 Å². The molecule has 4 heteroatoms. The lowest BCUT2D eigenvalue weighted by atomic mass is 9.81. The van der Waals surface area contributed by atoms with Gasteiger partial charge in [0.1, 0.15) is 0 Å². The fraction of sp³-hybridized carbons (Fsp3) is 0.0625. The Bertz CT molecular complexity index is 2740. The quantitative estimate of drug-likeness (QED) is 0.184. The van der Waals surface area contributed by atoms with E-state index in [4.69, 9.17) is 15.0 Å². The van der Waals surface area contributed by atoms with Crippen LogP contribution in [0.15, 0.2) is 170 Å². The van der Waals surface area contributed by atoms with Gasteiger partial charge in [0.05, 0.1) is 11.0 Å². The summed E-state index contributed by atoms with van der Waals surface area (Å²) in [5, 5.41) is 2.33. The molecule has 0 bridgehead atoms. The molecule has 2 aromatic heterocycles. The molecule has 1 aliphatic rings. The Morgan fingerprint density at radius 2 is 0.846 bits per heavy atom. The first kappa shape index (κ1) is 30.2. The van der Waals surface area contributed by atoms with E-state index in [1.807, 2.05) is 60.7 Å². The summed E-state index contributed by atoms with van der Waals surface area (Å²) in [5.74, 6) is 1.95. The molecule has 1 aliphatic carbocycles. The van der Waals surface area contributed by atoms with Crippen molar-refractivity contribution < 1.29 is 0 Å². The first-order valence-electron chi connectivity index (χ1n) is 17.8. The predicted molar refractivity (Wildman–Crippen MR) is 213 cm³/mol. The molecule has 0 spiro atoms. The molecule has 0 N–H and O–H groups in total. The van der Waals surface area contributed by atoms with E-state index in [0.29, 0.717) is 17.5 Å². The van der Waals surface area contributed by atoms with Gasteiger partial charge in [0.15, 0.2) is 17.5 Å². The van der Waals surface area contributed by atoms with E-state index in [-0.39, 0.29) is 5.41 Å². The number of fused-ring (bicyclic) bond motifs is 6. The molecule has 0 atom stereocenters. The standard InChI is InChI=1S/C48H34N4/c1-48(2)41-21-13-12-20-37(41)38-25-22-34(30-42(38)48)33-23-26-43-39(28-33)40-29-35(24-27-44(40)52(43)36-18-10-5-11-19-36)47-50-45(31-14-6-3-7-15-31)49-46(51-47)32-16-8-4-9-17-32/h3-30H,1-2H3. The van der Waals surface area contributed by atoms with E-state index >= 15 is 0 Å². The Morgan fingerprint density at radius 3 is 1.48 bits per heavy atom. The normalized spacial score (nSPS) is 13.0. The highest BCUT2D eigenvalue weighted by Gasteiger charge is 2.35. The van der Waals surface area contributed by atoms with E-state index in [9.17, 15) is 0 Å². The lowest BCUT2D eigenvalue weighted by molar-refractivity contribution is 0.660. The molecular formula is C48H34N4. The molecule has 52 heavy (non-hydrogen) atoms. The summed E-state index contributed by atoms with van der Waals surface area (Å²) in [4.78, 5) is 15.0. The summed E-state index contributed by atoms with van der Waals surface area (Å²) in [6.45, 7) is 4.68. The van der Waals surface area contributed by atoms with Gasteiger partial charge >= 0.3 is 0 Å². The zero-order valence-electron chi connectivity index (χ0n) is 29.0. The van der Waals surface area contributed by atoms with E-state index in [1.54, 1.807) is 0 Å². The molecule has 0 radical (unpaired) electrons. The third-order valence-corrected chi connectivity index (χ3v) is 10.7. The van der Waals surface area contributed by atoms with Crippen LogP contribution in [0, 0.1) is 0 Å². The first-order chi connectivity index (χ1) is 25.5. The summed E-state index contributed by atoms with van der Waals surface area (Å²) >= 11 is 0. The molecule has 0 fully saturated rings. The van der Waals surface area contributed by atoms with Crippen molar-refractivity contribution in [1.29, 1.82) is 0 Å². The van der Waals surface area contributed by atoms with Crippen LogP contribution in [0.4, 0.5) is 0 Å². The van der Waals surface area contributed by atoms with Crippen LogP contribution in [0.2, 0.25) is 0 Å². The van der Waals surface area contributed by atoms with Gasteiger partial charge in [-0.05, 0) is 81.9 Å². The number of benzene rings is 7. The lowest BCUT2D eigenvalue weighted by Gasteiger charge is -2.22. The zero-order valence-corrected chi connectivity index (χ0v) is 29.0. The highest BCUT2D eigenvalue weighted by molar-refractivity contribution is 6.11. The minimum absolute atomic E-state index is 0.0635. The van der Waals surface area contributed by atoms with Crippen LogP contribution in [0.25, 0.3) is 83.9 Å². The molecule has 0 aliphatic heterocycles. The van der Waals surface area contributed by atoms with Crippen LogP contribution >= 0.6 is 0 Å². The number of rotatable bonds is 5. The van der Waals surface area contributed by atoms with Crippen LogP contribution in [-0.2, 0) is 5.41 Å². The van der Waals surface area contributed by atoms with Crippen molar-refractivity contribution in [3.8, 4) is 62.1 Å². The molecule has 2 heterocycles. The second-order valence-corrected chi connectivity index (χ2v) is 14.1. The molecule has 10 rings (SSSR count). The second-order valence-electron chi connectivity index (χ2n) is 14.1. The zero-order chi connectivity index (χ0) is 34.8. The Kier molecular flexibility index (Phi) is 6.80. The molecule has 4 nitrogen and oxygen atoms in total. The first-order valence-corrected chi connectivity index (χ1v) is 17.8. The highest BCUT2D eigenvalue weighted by Crippen LogP contribution is 2.49. The van der Waals surface area contributed by atoms with Crippen molar-refractivity contribution in [2.24, 2.45) is 0 Å². The Hall–Kier alpha value is -6.65. The smallest absolute Gasteiger partial charge is 0.164 e. The molecule has 7 aromatic carbocycles. The van der Waals surface area contributed by atoms with Gasteiger partial charge in [-0.1, -0.05) is 135 Å². The molecular weight excluding hydrogens is 633 g/mol. The monoisotopic (exact) mass is 666 g/mol. The Labute approximate surface area is 302 Å². The maximum atomic E-state index is 5.05. The number of aromatic nitrogens is 4. The third kappa shape index (κ3) is 4.79. The SMILES string of the molecule is CC1(C)c2ccccc2-c2ccc(-c3ccc4c(c3)c3cc(-c5nc(-c6ccccc6)nc(-c6ccccc6)n5)ccc3n4-c3ccccc3)cc21. The van der Waals surface area contributed by atoms with Gasteiger partial charge in [-0.3, -0.25) is 0 Å². The van der Waals surface area contributed by atoms with Crippen LogP contribution in [0.1, 0.15) is 25.0 Å². The molecule has 0 saturated carbocycles. The molecule has 246 valence electrons. The Morgan fingerprint density at radius 1 is 0.385 bits per heavy atom. The van der Waals surface area contributed by atoms with Crippen molar-refractivity contribution in [2.45, 2.75) is 19.3 Å². The maximum Gasteiger partial charge on any atom is 0.164 e. The molecule has 0 saturated heterocycles. The van der Waals surface area contributed by atoms with Crippen LogP contribution in [-0.4, -0.2) is 19.5 Å². The van der Waals surface area contributed by atoms with Crippen molar-refractivity contribution in [1.82, 2.24) is 19.5 Å². The van der Waals surface area contributed by atoms with Crippen LogP contribution in [0.5, 0.6) is 0 Å². The summed E-state index contributed by atoms with van der Waals surface area (Å²) in [5.41, 5.74) is 14.0. The highest BCUT2D eigenvalue weighted by atomic mass is 15.0. The Balaban J connectivity index is 1.17. The van der Waals surface area contributed by atoms with Crippen molar-refractivity contribution in [3.63, 3.8) is 0 Å². The van der Waals surface area contributed by atoms with E-state index in [1.165, 1.54) is 38.8 Å². The third-order valence-electron chi connectivity index (χ3n) is 10.7. The van der Waals surface area contributed by atoms with Gasteiger partial charge in [0.2, 0.25) is 0 Å². The predicted octanol–water partition coefficient (Wildman–Crippen LogP) is 11.9. The fourth-order valence-corrected chi connectivity index (χ4v) is 8.02. The van der Waals surface area contributed by atoms with Gasteiger partial charge in [0.25, 0.3) is 0 Å². The fourth-order valence-electron chi connectivity index (χ4n) is 8.02. The van der Waals surface area contributed by atoms with E-state index < -0.39 is 0 Å². The lowest BCUT2D eigenvalue weighted by Crippen LogP contribution is -2.14. The van der Waals surface area contributed by atoms with Crippen molar-refractivity contribution in [2.75, 3.05) is 0 Å². The summed E-state index contributed by atoms with van der Waals surface area (Å²) in [7, 11) is 0. The molecule has 9 aromatic rings. The summed E-state index contributed by atoms with van der Waals surface area (Å²) in [6, 6.07) is 60.2. The average Bonchev–Trinajstić information content (AvgIpc) is 3.66. The van der Waals surface area contributed by atoms with Gasteiger partial charge in [-0.15, -0.1) is 0 Å². The van der Waals surface area contributed by atoms with Crippen LogP contribution in [0.3, 0.4) is 0 Å². The van der Waals surface area contributed by atoms with E-state index in [0.717, 1.165) is 38.8 Å². The topological polar surface area (TPSA) is 43.6 Å².